The van der Waals surface area contributed by atoms with Gasteiger partial charge in [0.2, 0.25) is 5.91 Å². The van der Waals surface area contributed by atoms with E-state index in [2.05, 4.69) is 6.92 Å². The maximum atomic E-state index is 11.3. The summed E-state index contributed by atoms with van der Waals surface area (Å²) in [4.78, 5) is 13.3. The Bertz CT molecular complexity index is 178. The van der Waals surface area contributed by atoms with E-state index < -0.39 is 0 Å². The zero-order valence-corrected chi connectivity index (χ0v) is 8.62. The van der Waals surface area contributed by atoms with E-state index in [9.17, 15) is 4.79 Å². The number of hydrogen-bond acceptors (Lipinski definition) is 2. The normalized spacial score (nSPS) is 24.8. The molecule has 0 aromatic rings. The monoisotopic (exact) mass is 184 g/mol. The molecule has 2 unspecified atom stereocenters. The van der Waals surface area contributed by atoms with Gasteiger partial charge in [0.15, 0.2) is 0 Å². The maximum absolute atomic E-state index is 11.3. The molecule has 1 fully saturated rings. The smallest absolute Gasteiger partial charge is 0.219 e. The third kappa shape index (κ3) is 2.21. The second kappa shape index (κ2) is 4.61. The van der Waals surface area contributed by atoms with E-state index in [0.717, 1.165) is 25.8 Å². The third-order valence-corrected chi connectivity index (χ3v) is 3.07. The van der Waals surface area contributed by atoms with E-state index in [-0.39, 0.29) is 5.91 Å². The minimum absolute atomic E-state index is 0.203. The molecule has 2 N–H and O–H groups in total. The van der Waals surface area contributed by atoms with Crippen LogP contribution < -0.4 is 5.73 Å². The molecule has 3 heteroatoms. The number of likely N-dealkylation sites (tertiary alicyclic amines) is 1. The summed E-state index contributed by atoms with van der Waals surface area (Å²) >= 11 is 0. The van der Waals surface area contributed by atoms with Gasteiger partial charge in [-0.1, -0.05) is 13.3 Å². The van der Waals surface area contributed by atoms with Gasteiger partial charge in [0, 0.05) is 19.5 Å². The van der Waals surface area contributed by atoms with Crippen LogP contribution >= 0.6 is 0 Å². The number of carbonyl (C=O) groups excluding carboxylic acids is 1. The van der Waals surface area contributed by atoms with Crippen molar-refractivity contribution in [1.82, 2.24) is 4.90 Å². The molecule has 1 aliphatic heterocycles. The number of nitrogens with two attached hydrogens (primary N) is 1. The van der Waals surface area contributed by atoms with E-state index in [1.807, 2.05) is 4.90 Å². The summed E-state index contributed by atoms with van der Waals surface area (Å²) in [6, 6.07) is 0.410. The van der Waals surface area contributed by atoms with E-state index in [1.54, 1.807) is 6.92 Å². The first-order valence-corrected chi connectivity index (χ1v) is 5.18. The molecule has 0 spiro atoms. The Hall–Kier alpha value is -0.570. The average Bonchev–Trinajstić information content (AvgIpc) is 2.55. The number of hydrogen-bond donors (Lipinski definition) is 1. The Morgan fingerprint density at radius 2 is 2.38 bits per heavy atom. The van der Waals surface area contributed by atoms with Gasteiger partial charge in [-0.2, -0.15) is 0 Å². The molecule has 0 bridgehead atoms. The molecule has 3 nitrogen and oxygen atoms in total. The Morgan fingerprint density at radius 1 is 1.69 bits per heavy atom. The van der Waals surface area contributed by atoms with Crippen molar-refractivity contribution in [2.24, 2.45) is 11.7 Å². The van der Waals surface area contributed by atoms with Crippen molar-refractivity contribution in [3.8, 4) is 0 Å². The van der Waals surface area contributed by atoms with Crippen molar-refractivity contribution in [1.29, 1.82) is 0 Å². The highest BCUT2D eigenvalue weighted by Crippen LogP contribution is 2.25. The predicted octanol–water partition coefficient (Wildman–Crippen LogP) is 0.982. The van der Waals surface area contributed by atoms with Gasteiger partial charge in [-0.05, 0) is 25.3 Å². The second-order valence-electron chi connectivity index (χ2n) is 3.83. The molecule has 0 aromatic carbocycles. The molecule has 1 saturated heterocycles. The summed E-state index contributed by atoms with van der Waals surface area (Å²) in [5.74, 6) is 0.695. The van der Waals surface area contributed by atoms with Crippen molar-refractivity contribution < 1.29 is 4.79 Å². The molecule has 0 aromatic heterocycles. The van der Waals surface area contributed by atoms with Crippen LogP contribution in [-0.4, -0.2) is 29.9 Å². The number of rotatable bonds is 3. The molecule has 76 valence electrons. The van der Waals surface area contributed by atoms with E-state index in [1.165, 1.54) is 0 Å². The Kier molecular flexibility index (Phi) is 3.72. The quantitative estimate of drug-likeness (QED) is 0.710. The first-order valence-electron chi connectivity index (χ1n) is 5.18. The summed E-state index contributed by atoms with van der Waals surface area (Å²) in [6.45, 7) is 5.43. The lowest BCUT2D eigenvalue weighted by Gasteiger charge is -2.29. The topological polar surface area (TPSA) is 46.3 Å². The van der Waals surface area contributed by atoms with E-state index in [4.69, 9.17) is 5.73 Å². The van der Waals surface area contributed by atoms with Crippen LogP contribution in [0.3, 0.4) is 0 Å². The standard InChI is InChI=1S/C10H20N2O/c1-3-9(7-11)10-5-4-6-12(10)8(2)13/h9-10H,3-7,11H2,1-2H3. The van der Waals surface area contributed by atoms with Gasteiger partial charge in [-0.15, -0.1) is 0 Å². The molecular weight excluding hydrogens is 164 g/mol. The molecule has 0 saturated carbocycles. The van der Waals surface area contributed by atoms with Crippen LogP contribution in [0.2, 0.25) is 0 Å². The Morgan fingerprint density at radius 3 is 2.85 bits per heavy atom. The molecule has 1 aliphatic rings. The van der Waals surface area contributed by atoms with Crippen molar-refractivity contribution in [2.45, 2.75) is 39.2 Å². The largest absolute Gasteiger partial charge is 0.340 e. The molecule has 13 heavy (non-hydrogen) atoms. The number of carbonyl (C=O) groups is 1. The minimum atomic E-state index is 0.203. The van der Waals surface area contributed by atoms with Crippen molar-refractivity contribution in [2.75, 3.05) is 13.1 Å². The summed E-state index contributed by atoms with van der Waals surface area (Å²) in [5.41, 5.74) is 5.69. The average molecular weight is 184 g/mol. The number of amides is 1. The van der Waals surface area contributed by atoms with Gasteiger partial charge in [0.25, 0.3) is 0 Å². The summed E-state index contributed by atoms with van der Waals surface area (Å²) in [6.07, 6.45) is 3.35. The van der Waals surface area contributed by atoms with Gasteiger partial charge >= 0.3 is 0 Å². The van der Waals surface area contributed by atoms with Gasteiger partial charge < -0.3 is 10.6 Å². The van der Waals surface area contributed by atoms with E-state index >= 15 is 0 Å². The number of nitrogens with zero attached hydrogens (tertiary/aromatic N) is 1. The first kappa shape index (κ1) is 10.5. The van der Waals surface area contributed by atoms with Gasteiger partial charge in [0.05, 0.1) is 0 Å². The first-order chi connectivity index (χ1) is 6.20. The fourth-order valence-corrected chi connectivity index (χ4v) is 2.27. The van der Waals surface area contributed by atoms with Crippen LogP contribution in [0.25, 0.3) is 0 Å². The molecule has 1 amide bonds. The molecular formula is C10H20N2O. The van der Waals surface area contributed by atoms with Gasteiger partial charge in [-0.25, -0.2) is 0 Å². The third-order valence-electron chi connectivity index (χ3n) is 3.07. The Labute approximate surface area is 80.3 Å². The van der Waals surface area contributed by atoms with Crippen LogP contribution in [0.4, 0.5) is 0 Å². The lowest BCUT2D eigenvalue weighted by atomic mass is 9.95. The lowest BCUT2D eigenvalue weighted by molar-refractivity contribution is -0.130. The van der Waals surface area contributed by atoms with Crippen molar-refractivity contribution in [3.63, 3.8) is 0 Å². The van der Waals surface area contributed by atoms with Crippen LogP contribution in [0.5, 0.6) is 0 Å². The van der Waals surface area contributed by atoms with Crippen LogP contribution in [-0.2, 0) is 4.79 Å². The highest BCUT2D eigenvalue weighted by Gasteiger charge is 2.31. The molecule has 1 rings (SSSR count). The summed E-state index contributed by atoms with van der Waals surface area (Å²) in [5, 5.41) is 0. The predicted molar refractivity (Wildman–Crippen MR) is 53.2 cm³/mol. The van der Waals surface area contributed by atoms with Crippen molar-refractivity contribution in [3.05, 3.63) is 0 Å². The Balaban J connectivity index is 2.61. The fraction of sp³-hybridized carbons (Fsp3) is 0.900. The summed E-state index contributed by atoms with van der Waals surface area (Å²) in [7, 11) is 0. The SMILES string of the molecule is CCC(CN)C1CCCN1C(C)=O. The molecule has 0 aliphatic carbocycles. The highest BCUT2D eigenvalue weighted by molar-refractivity contribution is 5.73. The fourth-order valence-electron chi connectivity index (χ4n) is 2.27. The zero-order valence-electron chi connectivity index (χ0n) is 8.62. The molecule has 0 radical (unpaired) electrons. The lowest BCUT2D eigenvalue weighted by Crippen LogP contribution is -2.41. The zero-order chi connectivity index (χ0) is 9.84. The van der Waals surface area contributed by atoms with Crippen LogP contribution in [0, 0.1) is 5.92 Å². The summed E-state index contributed by atoms with van der Waals surface area (Å²) < 4.78 is 0. The van der Waals surface area contributed by atoms with Crippen LogP contribution in [0.15, 0.2) is 0 Å². The van der Waals surface area contributed by atoms with Crippen LogP contribution in [0.1, 0.15) is 33.1 Å². The van der Waals surface area contributed by atoms with E-state index in [0.29, 0.717) is 18.5 Å². The second-order valence-corrected chi connectivity index (χ2v) is 3.83. The minimum Gasteiger partial charge on any atom is -0.340 e. The molecule has 1 heterocycles. The van der Waals surface area contributed by atoms with Gasteiger partial charge in [0.1, 0.15) is 0 Å². The maximum Gasteiger partial charge on any atom is 0.219 e. The van der Waals surface area contributed by atoms with Crippen molar-refractivity contribution >= 4 is 5.91 Å². The highest BCUT2D eigenvalue weighted by atomic mass is 16.2. The van der Waals surface area contributed by atoms with Gasteiger partial charge in [-0.3, -0.25) is 4.79 Å². The molecule has 2 atom stereocenters.